The van der Waals surface area contributed by atoms with Crippen LogP contribution in [0.2, 0.25) is 10.0 Å². The van der Waals surface area contributed by atoms with E-state index in [1.54, 1.807) is 18.2 Å². The van der Waals surface area contributed by atoms with Crippen molar-refractivity contribution < 1.29 is 14.3 Å². The SMILES string of the molecule is O=C(/C=C/c1c(Cl)cccc1Cl)OCC(=O)N1CCC(c2ccccc2)=N1. The predicted molar refractivity (Wildman–Crippen MR) is 106 cm³/mol. The zero-order valence-corrected chi connectivity index (χ0v) is 15.8. The van der Waals surface area contributed by atoms with Gasteiger partial charge in [-0.05, 0) is 23.8 Å². The molecule has 3 rings (SSSR count). The number of hydrogen-bond donors (Lipinski definition) is 0. The first-order valence-electron chi connectivity index (χ1n) is 8.26. The standard InChI is InChI=1S/C20H16Cl2N2O3/c21-16-7-4-8-17(22)15(16)9-10-20(26)27-13-19(25)24-12-11-18(23-24)14-5-2-1-3-6-14/h1-10H,11-13H2/b10-9+. The van der Waals surface area contributed by atoms with Gasteiger partial charge in [0.15, 0.2) is 6.61 Å². The molecule has 0 saturated carbocycles. The van der Waals surface area contributed by atoms with Gasteiger partial charge < -0.3 is 4.74 Å². The lowest BCUT2D eigenvalue weighted by atomic mass is 10.1. The summed E-state index contributed by atoms with van der Waals surface area (Å²) in [7, 11) is 0. The third-order valence-electron chi connectivity index (χ3n) is 3.92. The monoisotopic (exact) mass is 402 g/mol. The maximum absolute atomic E-state index is 12.2. The number of rotatable bonds is 5. The Labute approximate surface area is 166 Å². The second-order valence-corrected chi connectivity index (χ2v) is 6.57. The fourth-order valence-electron chi connectivity index (χ4n) is 2.55. The van der Waals surface area contributed by atoms with Gasteiger partial charge in [0, 0.05) is 28.1 Å². The first-order chi connectivity index (χ1) is 13.0. The van der Waals surface area contributed by atoms with Crippen molar-refractivity contribution in [3.05, 3.63) is 75.8 Å². The Morgan fingerprint density at radius 2 is 1.78 bits per heavy atom. The van der Waals surface area contributed by atoms with Crippen molar-refractivity contribution in [2.75, 3.05) is 13.2 Å². The molecule has 2 aromatic rings. The molecule has 1 aliphatic rings. The van der Waals surface area contributed by atoms with Crippen LogP contribution in [0.4, 0.5) is 0 Å². The number of hydrogen-bond acceptors (Lipinski definition) is 4. The maximum atomic E-state index is 12.2. The van der Waals surface area contributed by atoms with Gasteiger partial charge in [-0.3, -0.25) is 4.79 Å². The van der Waals surface area contributed by atoms with Crippen molar-refractivity contribution in [2.24, 2.45) is 5.10 Å². The van der Waals surface area contributed by atoms with Gasteiger partial charge in [0.05, 0.1) is 12.3 Å². The van der Waals surface area contributed by atoms with Gasteiger partial charge >= 0.3 is 5.97 Å². The number of esters is 1. The number of halogens is 2. The molecule has 5 nitrogen and oxygen atoms in total. The second-order valence-electron chi connectivity index (χ2n) is 5.76. The molecule has 0 N–H and O–H groups in total. The third kappa shape index (κ3) is 4.96. The fourth-order valence-corrected chi connectivity index (χ4v) is 3.07. The highest BCUT2D eigenvalue weighted by atomic mass is 35.5. The van der Waals surface area contributed by atoms with Crippen molar-refractivity contribution in [1.29, 1.82) is 0 Å². The molecule has 1 amide bonds. The molecular weight excluding hydrogens is 387 g/mol. The molecule has 0 unspecified atom stereocenters. The van der Waals surface area contributed by atoms with Crippen LogP contribution in [0.3, 0.4) is 0 Å². The topological polar surface area (TPSA) is 59.0 Å². The molecule has 1 heterocycles. The highest BCUT2D eigenvalue weighted by molar-refractivity contribution is 6.37. The molecular formula is C20H16Cl2N2O3. The summed E-state index contributed by atoms with van der Waals surface area (Å²) in [6.45, 7) is 0.0800. The predicted octanol–water partition coefficient (Wildman–Crippen LogP) is 4.19. The number of ether oxygens (including phenoxy) is 1. The molecule has 2 aromatic carbocycles. The molecule has 27 heavy (non-hydrogen) atoms. The lowest BCUT2D eigenvalue weighted by Gasteiger charge is -2.10. The van der Waals surface area contributed by atoms with Crippen molar-refractivity contribution >= 4 is 46.9 Å². The van der Waals surface area contributed by atoms with Crippen molar-refractivity contribution in [3.8, 4) is 0 Å². The molecule has 0 spiro atoms. The number of benzene rings is 2. The summed E-state index contributed by atoms with van der Waals surface area (Å²) in [6.07, 6.45) is 3.30. The summed E-state index contributed by atoms with van der Waals surface area (Å²) in [5, 5.41) is 6.47. The number of hydrazone groups is 1. The summed E-state index contributed by atoms with van der Waals surface area (Å²) in [6, 6.07) is 14.7. The largest absolute Gasteiger partial charge is 0.452 e. The van der Waals surface area contributed by atoms with E-state index in [4.69, 9.17) is 27.9 Å². The first-order valence-corrected chi connectivity index (χ1v) is 9.02. The summed E-state index contributed by atoms with van der Waals surface area (Å²) >= 11 is 12.1. The van der Waals surface area contributed by atoms with E-state index < -0.39 is 5.97 Å². The van der Waals surface area contributed by atoms with Crippen LogP contribution in [0.1, 0.15) is 17.5 Å². The van der Waals surface area contributed by atoms with Crippen LogP contribution in [0, 0.1) is 0 Å². The van der Waals surface area contributed by atoms with Crippen LogP contribution < -0.4 is 0 Å². The molecule has 0 fully saturated rings. The zero-order valence-electron chi connectivity index (χ0n) is 14.3. The molecule has 0 atom stereocenters. The van der Waals surface area contributed by atoms with Crippen LogP contribution in [-0.2, 0) is 14.3 Å². The molecule has 0 aromatic heterocycles. The van der Waals surface area contributed by atoms with Crippen molar-refractivity contribution in [1.82, 2.24) is 5.01 Å². The Balaban J connectivity index is 1.54. The minimum absolute atomic E-state index is 0.376. The summed E-state index contributed by atoms with van der Waals surface area (Å²) < 4.78 is 4.99. The van der Waals surface area contributed by atoms with Gasteiger partial charge in [-0.2, -0.15) is 5.10 Å². The normalized spacial score (nSPS) is 13.7. The van der Waals surface area contributed by atoms with Crippen LogP contribution in [-0.4, -0.2) is 35.7 Å². The Kier molecular flexibility index (Phi) is 6.27. The van der Waals surface area contributed by atoms with E-state index in [0.29, 0.717) is 28.6 Å². The smallest absolute Gasteiger partial charge is 0.331 e. The van der Waals surface area contributed by atoms with Gasteiger partial charge in [-0.15, -0.1) is 0 Å². The lowest BCUT2D eigenvalue weighted by Crippen LogP contribution is -2.28. The minimum Gasteiger partial charge on any atom is -0.452 e. The maximum Gasteiger partial charge on any atom is 0.331 e. The lowest BCUT2D eigenvalue weighted by molar-refractivity contribution is -0.147. The summed E-state index contributed by atoms with van der Waals surface area (Å²) in [4.78, 5) is 24.0. The average Bonchev–Trinajstić information content (AvgIpc) is 3.17. The van der Waals surface area contributed by atoms with E-state index in [1.807, 2.05) is 30.3 Å². The van der Waals surface area contributed by atoms with Crippen molar-refractivity contribution in [2.45, 2.75) is 6.42 Å². The van der Waals surface area contributed by atoms with Gasteiger partial charge in [-0.1, -0.05) is 59.6 Å². The Morgan fingerprint density at radius 1 is 1.07 bits per heavy atom. The molecule has 138 valence electrons. The van der Waals surface area contributed by atoms with E-state index in [0.717, 1.165) is 11.3 Å². The van der Waals surface area contributed by atoms with E-state index in [1.165, 1.54) is 17.2 Å². The molecule has 0 radical (unpaired) electrons. The molecule has 0 saturated heterocycles. The quantitative estimate of drug-likeness (QED) is 0.556. The zero-order chi connectivity index (χ0) is 19.2. The Hall–Kier alpha value is -2.63. The number of nitrogens with zero attached hydrogens (tertiary/aromatic N) is 2. The van der Waals surface area contributed by atoms with Crippen LogP contribution in [0.5, 0.6) is 0 Å². The first kappa shape index (κ1) is 19.1. The fraction of sp³-hybridized carbons (Fsp3) is 0.150. The van der Waals surface area contributed by atoms with Gasteiger partial charge in [0.1, 0.15) is 0 Å². The third-order valence-corrected chi connectivity index (χ3v) is 4.58. The van der Waals surface area contributed by atoms with Gasteiger partial charge in [0.2, 0.25) is 0 Å². The van der Waals surface area contributed by atoms with Crippen molar-refractivity contribution in [3.63, 3.8) is 0 Å². The van der Waals surface area contributed by atoms with E-state index in [9.17, 15) is 9.59 Å². The van der Waals surface area contributed by atoms with E-state index in [-0.39, 0.29) is 12.5 Å². The van der Waals surface area contributed by atoms with Gasteiger partial charge in [-0.25, -0.2) is 9.80 Å². The Morgan fingerprint density at radius 3 is 2.48 bits per heavy atom. The molecule has 0 aliphatic carbocycles. The van der Waals surface area contributed by atoms with E-state index in [2.05, 4.69) is 5.10 Å². The molecule has 7 heteroatoms. The van der Waals surface area contributed by atoms with Crippen LogP contribution in [0.15, 0.2) is 59.7 Å². The highest BCUT2D eigenvalue weighted by Crippen LogP contribution is 2.25. The number of carbonyl (C=O) groups excluding carboxylic acids is 2. The minimum atomic E-state index is -0.661. The van der Waals surface area contributed by atoms with E-state index >= 15 is 0 Å². The molecule has 1 aliphatic heterocycles. The number of amides is 1. The molecule has 0 bridgehead atoms. The van der Waals surface area contributed by atoms with Gasteiger partial charge in [0.25, 0.3) is 5.91 Å². The second kappa shape index (κ2) is 8.84. The van der Waals surface area contributed by atoms with Crippen LogP contribution >= 0.6 is 23.2 Å². The Bertz CT molecular complexity index is 890. The van der Waals surface area contributed by atoms with Crippen LogP contribution in [0.25, 0.3) is 6.08 Å². The highest BCUT2D eigenvalue weighted by Gasteiger charge is 2.22. The average molecular weight is 403 g/mol. The summed E-state index contributed by atoms with van der Waals surface area (Å²) in [5.41, 5.74) is 2.33. The summed E-state index contributed by atoms with van der Waals surface area (Å²) in [5.74, 6) is -1.04. The number of carbonyl (C=O) groups is 2.